The molecule has 0 aliphatic carbocycles. The normalized spacial score (nSPS) is 15.9. The first-order chi connectivity index (χ1) is 20.8. The Balaban J connectivity index is 2.10. The maximum absolute atomic E-state index is 12.3. The zero-order chi connectivity index (χ0) is 31.4. The fraction of sp³-hybridized carbons (Fsp3) is 0.939. The number of rotatable bonds is 31. The number of hydrogen-bond acceptors (Lipinski definition) is 8. The monoisotopic (exact) mass is 633 g/mol. The molecular formula is C33H64NO8P. The molecule has 43 heavy (non-hydrogen) atoms. The molecule has 0 aromatic heterocycles. The van der Waals surface area contributed by atoms with E-state index in [1.807, 2.05) is 0 Å². The van der Waals surface area contributed by atoms with Gasteiger partial charge in [0.25, 0.3) is 0 Å². The van der Waals surface area contributed by atoms with E-state index in [9.17, 15) is 19.0 Å². The Kier molecular flexibility index (Phi) is 25.7. The van der Waals surface area contributed by atoms with Gasteiger partial charge in [0, 0.05) is 6.61 Å². The molecule has 0 spiro atoms. The lowest BCUT2D eigenvalue weighted by Crippen LogP contribution is -2.29. The fourth-order valence-electron chi connectivity index (χ4n) is 5.35. The number of carbonyl (C=O) groups is 2. The van der Waals surface area contributed by atoms with E-state index in [0.717, 1.165) is 38.9 Å². The fourth-order valence-corrected chi connectivity index (χ4v) is 6.14. The lowest BCUT2D eigenvalue weighted by molar-refractivity contribution is -0.155. The number of Topliss-reactive ketones (excluding diaryl/α,β-unsaturated/α-hetero) is 1. The lowest BCUT2D eigenvalue weighted by Gasteiger charge is -2.20. The van der Waals surface area contributed by atoms with Gasteiger partial charge in [0.1, 0.15) is 18.3 Å². The molecule has 0 bridgehead atoms. The molecule has 1 fully saturated rings. The third-order valence-corrected chi connectivity index (χ3v) is 8.87. The Labute approximate surface area is 262 Å². The van der Waals surface area contributed by atoms with Crippen molar-refractivity contribution in [3.05, 3.63) is 0 Å². The zero-order valence-electron chi connectivity index (χ0n) is 27.6. The first-order valence-electron chi connectivity index (χ1n) is 17.4. The molecule has 254 valence electrons. The summed E-state index contributed by atoms with van der Waals surface area (Å²) in [5.41, 5.74) is 0. The smallest absolute Gasteiger partial charge is 0.457 e. The maximum atomic E-state index is 12.3. The van der Waals surface area contributed by atoms with Crippen LogP contribution in [0.1, 0.15) is 149 Å². The summed E-state index contributed by atoms with van der Waals surface area (Å²) in [6, 6.07) is 0. The van der Waals surface area contributed by atoms with Crippen molar-refractivity contribution in [3.8, 4) is 0 Å². The van der Waals surface area contributed by atoms with E-state index in [1.54, 1.807) is 0 Å². The molecule has 1 aliphatic rings. The standard InChI is InChI=1S/C33H64NO8P/c1-3-4-5-6-7-8-9-10-11-12-13-14-15-16-17-21-26-39-29-32(42-33(36)28-31(2)35)30-41-43(37,38)40-27-22-20-25-34-23-18-19-24-34/h32H,3-30H2,1-2H3,(H,37,38). The summed E-state index contributed by atoms with van der Waals surface area (Å²) in [6.07, 6.45) is 23.5. The van der Waals surface area contributed by atoms with E-state index < -0.39 is 19.9 Å². The van der Waals surface area contributed by atoms with Crippen LogP contribution >= 0.6 is 7.82 Å². The predicted octanol–water partition coefficient (Wildman–Crippen LogP) is 8.17. The summed E-state index contributed by atoms with van der Waals surface area (Å²) in [6.45, 7) is 7.08. The molecule has 0 aromatic carbocycles. The molecule has 0 radical (unpaired) electrons. The van der Waals surface area contributed by atoms with E-state index in [-0.39, 0.29) is 32.0 Å². The molecular weight excluding hydrogens is 569 g/mol. The number of carbonyl (C=O) groups excluding carboxylic acids is 2. The Bertz CT molecular complexity index is 732. The number of phosphoric ester groups is 1. The van der Waals surface area contributed by atoms with Crippen LogP contribution in [0.5, 0.6) is 0 Å². The predicted molar refractivity (Wildman–Crippen MR) is 172 cm³/mol. The highest BCUT2D eigenvalue weighted by atomic mass is 31.2. The van der Waals surface area contributed by atoms with Crippen molar-refractivity contribution in [2.24, 2.45) is 0 Å². The quantitative estimate of drug-likeness (QED) is 0.0350. The van der Waals surface area contributed by atoms with Gasteiger partial charge in [0.15, 0.2) is 0 Å². The van der Waals surface area contributed by atoms with E-state index in [1.165, 1.54) is 110 Å². The van der Waals surface area contributed by atoms with Crippen LogP contribution in [0.3, 0.4) is 0 Å². The Hall–Kier alpha value is -0.830. The second-order valence-corrected chi connectivity index (χ2v) is 13.7. The Morgan fingerprint density at radius 1 is 0.721 bits per heavy atom. The van der Waals surface area contributed by atoms with Crippen molar-refractivity contribution >= 4 is 19.6 Å². The highest BCUT2D eigenvalue weighted by molar-refractivity contribution is 7.47. The number of phosphoric acid groups is 1. The molecule has 1 aliphatic heterocycles. The van der Waals surface area contributed by atoms with Crippen molar-refractivity contribution < 1.29 is 37.6 Å². The Morgan fingerprint density at radius 2 is 1.23 bits per heavy atom. The molecule has 0 aromatic rings. The maximum Gasteiger partial charge on any atom is 0.472 e. The van der Waals surface area contributed by atoms with Crippen molar-refractivity contribution in [2.75, 3.05) is 46.1 Å². The van der Waals surface area contributed by atoms with Crippen molar-refractivity contribution in [3.63, 3.8) is 0 Å². The van der Waals surface area contributed by atoms with Crippen LogP contribution in [-0.4, -0.2) is 73.7 Å². The van der Waals surface area contributed by atoms with Crippen molar-refractivity contribution in [2.45, 2.75) is 155 Å². The van der Waals surface area contributed by atoms with Gasteiger partial charge in [-0.2, -0.15) is 0 Å². The summed E-state index contributed by atoms with van der Waals surface area (Å²) < 4.78 is 33.5. The van der Waals surface area contributed by atoms with Crippen LogP contribution < -0.4 is 0 Å². The molecule has 1 rings (SSSR count). The third-order valence-electron chi connectivity index (χ3n) is 7.88. The number of esters is 1. The van der Waals surface area contributed by atoms with Gasteiger partial charge in [-0.3, -0.25) is 18.6 Å². The van der Waals surface area contributed by atoms with Gasteiger partial charge >= 0.3 is 13.8 Å². The van der Waals surface area contributed by atoms with Crippen LogP contribution in [0.2, 0.25) is 0 Å². The summed E-state index contributed by atoms with van der Waals surface area (Å²) >= 11 is 0. The number of ether oxygens (including phenoxy) is 2. The second-order valence-electron chi connectivity index (χ2n) is 12.2. The van der Waals surface area contributed by atoms with Gasteiger partial charge in [-0.15, -0.1) is 0 Å². The largest absolute Gasteiger partial charge is 0.472 e. The van der Waals surface area contributed by atoms with E-state index in [4.69, 9.17) is 18.5 Å². The highest BCUT2D eigenvalue weighted by Crippen LogP contribution is 2.43. The molecule has 1 N–H and O–H groups in total. The van der Waals surface area contributed by atoms with E-state index in [0.29, 0.717) is 13.0 Å². The topological polar surface area (TPSA) is 112 Å². The van der Waals surface area contributed by atoms with Crippen LogP contribution in [0, 0.1) is 0 Å². The minimum Gasteiger partial charge on any atom is -0.457 e. The Morgan fingerprint density at radius 3 is 1.77 bits per heavy atom. The number of likely N-dealkylation sites (tertiary alicyclic amines) is 1. The van der Waals surface area contributed by atoms with Gasteiger partial charge in [0.2, 0.25) is 0 Å². The molecule has 1 heterocycles. The molecule has 2 unspecified atom stereocenters. The van der Waals surface area contributed by atoms with Crippen molar-refractivity contribution in [1.82, 2.24) is 4.90 Å². The van der Waals surface area contributed by atoms with Gasteiger partial charge in [-0.1, -0.05) is 103 Å². The minimum absolute atomic E-state index is 0.0260. The average Bonchev–Trinajstić information content (AvgIpc) is 3.48. The molecule has 1 saturated heterocycles. The first kappa shape index (κ1) is 40.2. The van der Waals surface area contributed by atoms with Gasteiger partial charge < -0.3 is 19.3 Å². The van der Waals surface area contributed by atoms with E-state index in [2.05, 4.69) is 11.8 Å². The van der Waals surface area contributed by atoms with Crippen LogP contribution in [0.4, 0.5) is 0 Å². The summed E-state index contributed by atoms with van der Waals surface area (Å²) in [5, 5.41) is 0. The zero-order valence-corrected chi connectivity index (χ0v) is 28.5. The van der Waals surface area contributed by atoms with Gasteiger partial charge in [0.05, 0.1) is 19.8 Å². The van der Waals surface area contributed by atoms with Crippen LogP contribution in [-0.2, 0) is 32.7 Å². The summed E-state index contributed by atoms with van der Waals surface area (Å²) in [7, 11) is -4.29. The molecule has 10 heteroatoms. The van der Waals surface area contributed by atoms with Crippen LogP contribution in [0.25, 0.3) is 0 Å². The van der Waals surface area contributed by atoms with E-state index >= 15 is 0 Å². The number of hydrogen-bond donors (Lipinski definition) is 1. The number of nitrogens with zero attached hydrogens (tertiary/aromatic N) is 1. The lowest BCUT2D eigenvalue weighted by atomic mass is 10.0. The van der Waals surface area contributed by atoms with Crippen LogP contribution in [0.15, 0.2) is 0 Å². The molecule has 0 saturated carbocycles. The first-order valence-corrected chi connectivity index (χ1v) is 18.9. The van der Waals surface area contributed by atoms with Gasteiger partial charge in [-0.25, -0.2) is 4.57 Å². The third kappa shape index (κ3) is 26.1. The highest BCUT2D eigenvalue weighted by Gasteiger charge is 2.25. The summed E-state index contributed by atoms with van der Waals surface area (Å²) in [4.78, 5) is 35.7. The van der Waals surface area contributed by atoms with Crippen molar-refractivity contribution in [1.29, 1.82) is 0 Å². The number of ketones is 1. The molecule has 9 nitrogen and oxygen atoms in total. The second kappa shape index (κ2) is 27.5. The van der Waals surface area contributed by atoms with Gasteiger partial charge in [-0.05, 0) is 58.7 Å². The SMILES string of the molecule is CCCCCCCCCCCCCCCCCCOCC(COP(=O)(O)OCCCCN1CCCC1)OC(=O)CC(C)=O. The average molecular weight is 634 g/mol. The number of unbranched alkanes of at least 4 members (excludes halogenated alkanes) is 16. The minimum atomic E-state index is -4.29. The summed E-state index contributed by atoms with van der Waals surface area (Å²) in [5.74, 6) is -1.02. The molecule has 0 amide bonds. The molecule has 2 atom stereocenters.